The summed E-state index contributed by atoms with van der Waals surface area (Å²) < 4.78 is 11.1. The fourth-order valence-electron chi connectivity index (χ4n) is 3.27. The summed E-state index contributed by atoms with van der Waals surface area (Å²) in [5.41, 5.74) is 2.69. The highest BCUT2D eigenvalue weighted by Crippen LogP contribution is 2.33. The zero-order chi connectivity index (χ0) is 20.3. The fourth-order valence-corrected chi connectivity index (χ4v) is 3.27. The first-order chi connectivity index (χ1) is 14.8. The van der Waals surface area contributed by atoms with Crippen molar-refractivity contribution in [3.05, 3.63) is 78.6 Å². The lowest BCUT2D eigenvalue weighted by atomic mass is 10.2. The molecule has 0 saturated carbocycles. The van der Waals surface area contributed by atoms with E-state index in [1.807, 2.05) is 48.5 Å². The van der Waals surface area contributed by atoms with E-state index < -0.39 is 0 Å². The fraction of sp³-hybridized carbons (Fsp3) is 0.0870. The van der Waals surface area contributed by atoms with Crippen LogP contribution in [0.3, 0.4) is 0 Å². The van der Waals surface area contributed by atoms with E-state index in [9.17, 15) is 4.79 Å². The molecule has 0 bridgehead atoms. The van der Waals surface area contributed by atoms with Gasteiger partial charge in [0.1, 0.15) is 19.0 Å². The molecular formula is C23H18N4O3. The van der Waals surface area contributed by atoms with Crippen LogP contribution < -0.4 is 20.1 Å². The van der Waals surface area contributed by atoms with E-state index in [4.69, 9.17) is 9.47 Å². The molecule has 2 aromatic heterocycles. The zero-order valence-corrected chi connectivity index (χ0v) is 16.0. The monoisotopic (exact) mass is 398 g/mol. The number of pyridine rings is 2. The van der Waals surface area contributed by atoms with Gasteiger partial charge in [0.2, 0.25) is 0 Å². The molecule has 7 heteroatoms. The van der Waals surface area contributed by atoms with Crippen LogP contribution in [-0.4, -0.2) is 29.1 Å². The third-order valence-corrected chi connectivity index (χ3v) is 4.72. The highest BCUT2D eigenvalue weighted by Gasteiger charge is 2.13. The average Bonchev–Trinajstić information content (AvgIpc) is 2.80. The number of nitrogens with zero attached hydrogens (tertiary/aromatic N) is 2. The van der Waals surface area contributed by atoms with Crippen LogP contribution in [0.1, 0.15) is 10.4 Å². The largest absolute Gasteiger partial charge is 0.486 e. The summed E-state index contributed by atoms with van der Waals surface area (Å²) in [7, 11) is 0. The number of hydrogen-bond acceptors (Lipinski definition) is 6. The van der Waals surface area contributed by atoms with Gasteiger partial charge in [-0.15, -0.1) is 0 Å². The molecule has 0 aliphatic carbocycles. The minimum absolute atomic E-state index is 0.244. The number of amides is 1. The normalized spacial score (nSPS) is 12.4. The molecule has 30 heavy (non-hydrogen) atoms. The third-order valence-electron chi connectivity index (χ3n) is 4.72. The minimum Gasteiger partial charge on any atom is -0.486 e. The van der Waals surface area contributed by atoms with E-state index in [1.165, 1.54) is 6.20 Å². The Morgan fingerprint density at radius 3 is 2.63 bits per heavy atom. The Morgan fingerprint density at radius 2 is 1.77 bits per heavy atom. The lowest BCUT2D eigenvalue weighted by Crippen LogP contribution is -2.15. The molecular weight excluding hydrogens is 380 g/mol. The molecule has 5 rings (SSSR count). The number of benzene rings is 2. The number of carbonyl (C=O) groups excluding carboxylic acids is 1. The highest BCUT2D eigenvalue weighted by molar-refractivity contribution is 6.08. The van der Waals surface area contributed by atoms with Gasteiger partial charge in [-0.3, -0.25) is 9.78 Å². The summed E-state index contributed by atoms with van der Waals surface area (Å²) in [6.45, 7) is 1.09. The van der Waals surface area contributed by atoms with E-state index in [2.05, 4.69) is 20.6 Å². The van der Waals surface area contributed by atoms with Crippen molar-refractivity contribution in [2.45, 2.75) is 0 Å². The predicted molar refractivity (Wildman–Crippen MR) is 115 cm³/mol. The van der Waals surface area contributed by atoms with Gasteiger partial charge in [-0.25, -0.2) is 4.98 Å². The Labute approximate surface area is 172 Å². The maximum atomic E-state index is 12.7. The molecule has 1 amide bonds. The van der Waals surface area contributed by atoms with Crippen molar-refractivity contribution in [1.29, 1.82) is 0 Å². The van der Waals surface area contributed by atoms with Crippen molar-refractivity contribution in [2.24, 2.45) is 0 Å². The number of para-hydroxylation sites is 1. The van der Waals surface area contributed by atoms with Gasteiger partial charge >= 0.3 is 0 Å². The van der Waals surface area contributed by atoms with Crippen LogP contribution in [0.4, 0.5) is 17.2 Å². The minimum atomic E-state index is -0.244. The second kappa shape index (κ2) is 7.71. The first kappa shape index (κ1) is 17.9. The maximum Gasteiger partial charge on any atom is 0.257 e. The molecule has 3 heterocycles. The number of ether oxygens (including phenoxy) is 2. The molecule has 148 valence electrons. The van der Waals surface area contributed by atoms with Crippen molar-refractivity contribution >= 4 is 34.0 Å². The van der Waals surface area contributed by atoms with Crippen molar-refractivity contribution in [3.8, 4) is 11.5 Å². The summed E-state index contributed by atoms with van der Waals surface area (Å²) in [6.07, 6.45) is 3.24. The molecule has 0 saturated heterocycles. The second-order valence-corrected chi connectivity index (χ2v) is 6.75. The quantitative estimate of drug-likeness (QED) is 0.530. The predicted octanol–water partition coefficient (Wildman–Crippen LogP) is 4.40. The zero-order valence-electron chi connectivity index (χ0n) is 16.0. The van der Waals surface area contributed by atoms with Crippen molar-refractivity contribution in [3.63, 3.8) is 0 Å². The van der Waals surface area contributed by atoms with Crippen LogP contribution in [0.15, 0.2) is 73.1 Å². The lowest BCUT2D eigenvalue weighted by molar-refractivity contribution is 0.102. The molecule has 0 spiro atoms. The van der Waals surface area contributed by atoms with E-state index in [0.717, 1.165) is 22.3 Å². The van der Waals surface area contributed by atoms with Gasteiger partial charge < -0.3 is 20.1 Å². The van der Waals surface area contributed by atoms with Crippen LogP contribution in [-0.2, 0) is 0 Å². The molecule has 2 N–H and O–H groups in total. The molecule has 4 aromatic rings. The average molecular weight is 398 g/mol. The third kappa shape index (κ3) is 3.60. The molecule has 2 aromatic carbocycles. The number of rotatable bonds is 4. The van der Waals surface area contributed by atoms with Gasteiger partial charge in [0.15, 0.2) is 11.5 Å². The van der Waals surface area contributed by atoms with Crippen molar-refractivity contribution < 1.29 is 14.3 Å². The van der Waals surface area contributed by atoms with Gasteiger partial charge in [0.05, 0.1) is 16.8 Å². The van der Waals surface area contributed by atoms with E-state index in [1.54, 1.807) is 18.3 Å². The van der Waals surface area contributed by atoms with Gasteiger partial charge in [0.25, 0.3) is 5.91 Å². The number of carbonyl (C=O) groups is 1. The summed E-state index contributed by atoms with van der Waals surface area (Å²) in [5, 5.41) is 7.08. The number of aromatic nitrogens is 2. The Hall–Kier alpha value is -4.13. The standard InChI is InChI=1S/C23H18N4O3/c28-23(27-18-5-1-3-15-4-2-10-24-22(15)18)16-6-9-21(25-14-16)26-17-7-8-19-20(13-17)30-12-11-29-19/h1-10,13-14H,11-12H2,(H,25,26)(H,27,28). The van der Waals surface area contributed by atoms with E-state index in [0.29, 0.717) is 36.0 Å². The Morgan fingerprint density at radius 1 is 0.900 bits per heavy atom. The maximum absolute atomic E-state index is 12.7. The molecule has 0 unspecified atom stereocenters. The Kier molecular flexibility index (Phi) is 4.61. The molecule has 7 nitrogen and oxygen atoms in total. The SMILES string of the molecule is O=C(Nc1cccc2cccnc12)c1ccc(Nc2ccc3c(c2)OCCO3)nc1. The van der Waals surface area contributed by atoms with Gasteiger partial charge in [0, 0.05) is 29.5 Å². The number of anilines is 3. The Balaban J connectivity index is 1.30. The Bertz CT molecular complexity index is 1220. The topological polar surface area (TPSA) is 85.4 Å². The summed E-state index contributed by atoms with van der Waals surface area (Å²) in [4.78, 5) is 21.4. The van der Waals surface area contributed by atoms with Crippen molar-refractivity contribution in [1.82, 2.24) is 9.97 Å². The summed E-state index contributed by atoms with van der Waals surface area (Å²) in [5.74, 6) is 1.81. The lowest BCUT2D eigenvalue weighted by Gasteiger charge is -2.19. The molecule has 0 fully saturated rings. The van der Waals surface area contributed by atoms with Gasteiger partial charge in [-0.2, -0.15) is 0 Å². The van der Waals surface area contributed by atoms with Gasteiger partial charge in [-0.1, -0.05) is 18.2 Å². The molecule has 0 atom stereocenters. The van der Waals surface area contributed by atoms with Crippen LogP contribution in [0, 0.1) is 0 Å². The molecule has 1 aliphatic heterocycles. The van der Waals surface area contributed by atoms with Crippen LogP contribution in [0.2, 0.25) is 0 Å². The van der Waals surface area contributed by atoms with Crippen molar-refractivity contribution in [2.75, 3.05) is 23.8 Å². The first-order valence-corrected chi connectivity index (χ1v) is 9.54. The summed E-state index contributed by atoms with van der Waals surface area (Å²) >= 11 is 0. The van der Waals surface area contributed by atoms with Crippen LogP contribution in [0.25, 0.3) is 10.9 Å². The molecule has 0 radical (unpaired) electrons. The second-order valence-electron chi connectivity index (χ2n) is 6.75. The van der Waals surface area contributed by atoms with Gasteiger partial charge in [-0.05, 0) is 36.4 Å². The number of hydrogen-bond donors (Lipinski definition) is 2. The van der Waals surface area contributed by atoms with E-state index in [-0.39, 0.29) is 5.91 Å². The van der Waals surface area contributed by atoms with Crippen LogP contribution in [0.5, 0.6) is 11.5 Å². The smallest absolute Gasteiger partial charge is 0.257 e. The molecule has 1 aliphatic rings. The highest BCUT2D eigenvalue weighted by atomic mass is 16.6. The number of fused-ring (bicyclic) bond motifs is 2. The number of nitrogens with one attached hydrogen (secondary N) is 2. The van der Waals surface area contributed by atoms with Crippen LogP contribution >= 0.6 is 0 Å². The summed E-state index contributed by atoms with van der Waals surface area (Å²) in [6, 6.07) is 18.6. The first-order valence-electron chi connectivity index (χ1n) is 9.54. The van der Waals surface area contributed by atoms with E-state index >= 15 is 0 Å².